The molecule has 6 heteroatoms. The third kappa shape index (κ3) is 4.74. The number of hydrogen-bond acceptors (Lipinski definition) is 3. The van der Waals surface area contributed by atoms with Crippen LogP contribution in [-0.2, 0) is 9.53 Å². The Morgan fingerprint density at radius 3 is 2.38 bits per heavy atom. The van der Waals surface area contributed by atoms with Crippen LogP contribution >= 0.6 is 0 Å². The van der Waals surface area contributed by atoms with Gasteiger partial charge in [0.25, 0.3) is 0 Å². The van der Waals surface area contributed by atoms with Crippen molar-refractivity contribution in [1.82, 2.24) is 10.2 Å². The molecule has 1 heterocycles. The number of carbonyl (C=O) groups excluding carboxylic acids is 2. The van der Waals surface area contributed by atoms with E-state index in [0.717, 1.165) is 18.4 Å². The Morgan fingerprint density at radius 2 is 1.81 bits per heavy atom. The van der Waals surface area contributed by atoms with E-state index in [0.29, 0.717) is 25.6 Å². The van der Waals surface area contributed by atoms with E-state index in [-0.39, 0.29) is 29.7 Å². The van der Waals surface area contributed by atoms with Crippen LogP contribution in [-0.4, -0.2) is 41.6 Å². The molecule has 26 heavy (non-hydrogen) atoms. The number of piperidine rings is 1. The van der Waals surface area contributed by atoms with Gasteiger partial charge in [0.1, 0.15) is 11.4 Å². The van der Waals surface area contributed by atoms with E-state index in [4.69, 9.17) is 4.74 Å². The fraction of sp³-hybridized carbons (Fsp3) is 0.600. The summed E-state index contributed by atoms with van der Waals surface area (Å²) in [6.07, 6.45) is 2.26. The highest BCUT2D eigenvalue weighted by Gasteiger charge is 2.39. The van der Waals surface area contributed by atoms with E-state index in [1.807, 2.05) is 20.8 Å². The van der Waals surface area contributed by atoms with E-state index < -0.39 is 5.60 Å². The number of rotatable bonds is 3. The molecule has 0 bridgehead atoms. The van der Waals surface area contributed by atoms with Gasteiger partial charge in [0.15, 0.2) is 0 Å². The molecule has 2 atom stereocenters. The Morgan fingerprint density at radius 1 is 1.15 bits per heavy atom. The largest absolute Gasteiger partial charge is 0.444 e. The standard InChI is InChI=1S/C20H27FN2O3/c1-20(2,3)26-19(25)23-11-10-16(18(24)22-15-8-9-15)17(12-23)13-4-6-14(21)7-5-13/h4-7,15-17H,8-12H2,1-3H3,(H,22,24)/t16-,17-/m0/s1. The smallest absolute Gasteiger partial charge is 0.410 e. The molecule has 1 aromatic rings. The van der Waals surface area contributed by atoms with Crippen molar-refractivity contribution < 1.29 is 18.7 Å². The number of hydrogen-bond donors (Lipinski definition) is 1. The molecule has 3 rings (SSSR count). The Bertz CT molecular complexity index is 665. The average molecular weight is 362 g/mol. The number of ether oxygens (including phenoxy) is 1. The van der Waals surface area contributed by atoms with Gasteiger partial charge in [0, 0.05) is 31.0 Å². The lowest BCUT2D eigenvalue weighted by molar-refractivity contribution is -0.127. The van der Waals surface area contributed by atoms with Gasteiger partial charge in [-0.1, -0.05) is 12.1 Å². The van der Waals surface area contributed by atoms with Crippen molar-refractivity contribution >= 4 is 12.0 Å². The molecule has 0 unspecified atom stereocenters. The minimum Gasteiger partial charge on any atom is -0.444 e. The number of nitrogens with zero attached hydrogens (tertiary/aromatic N) is 1. The third-order valence-corrected chi connectivity index (χ3v) is 4.82. The quantitative estimate of drug-likeness (QED) is 0.896. The van der Waals surface area contributed by atoms with Gasteiger partial charge < -0.3 is 15.0 Å². The highest BCUT2D eigenvalue weighted by Crippen LogP contribution is 2.34. The number of amides is 2. The predicted octanol–water partition coefficient (Wildman–Crippen LogP) is 3.44. The molecule has 2 amide bonds. The molecule has 1 aliphatic heterocycles. The fourth-order valence-corrected chi connectivity index (χ4v) is 3.34. The monoisotopic (exact) mass is 362 g/mol. The first-order valence-electron chi connectivity index (χ1n) is 9.27. The molecule has 1 N–H and O–H groups in total. The Hall–Kier alpha value is -2.11. The summed E-state index contributed by atoms with van der Waals surface area (Å²) in [5.41, 5.74) is 0.304. The van der Waals surface area contributed by atoms with Crippen LogP contribution in [0.15, 0.2) is 24.3 Å². The molecule has 0 spiro atoms. The maximum atomic E-state index is 13.3. The van der Waals surface area contributed by atoms with Gasteiger partial charge in [-0.05, 0) is 57.7 Å². The fourth-order valence-electron chi connectivity index (χ4n) is 3.34. The topological polar surface area (TPSA) is 58.6 Å². The highest BCUT2D eigenvalue weighted by molar-refractivity contribution is 5.81. The third-order valence-electron chi connectivity index (χ3n) is 4.82. The van der Waals surface area contributed by atoms with E-state index in [1.54, 1.807) is 17.0 Å². The highest BCUT2D eigenvalue weighted by atomic mass is 19.1. The first-order valence-corrected chi connectivity index (χ1v) is 9.27. The summed E-state index contributed by atoms with van der Waals surface area (Å²) in [5, 5.41) is 3.07. The molecule has 1 aromatic carbocycles. The molecule has 2 aliphatic rings. The van der Waals surface area contributed by atoms with Crippen LogP contribution < -0.4 is 5.32 Å². The lowest BCUT2D eigenvalue weighted by Gasteiger charge is -2.38. The van der Waals surface area contributed by atoms with E-state index >= 15 is 0 Å². The Labute approximate surface area is 153 Å². The summed E-state index contributed by atoms with van der Waals surface area (Å²) in [7, 11) is 0. The second kappa shape index (κ2) is 7.25. The van der Waals surface area contributed by atoms with Gasteiger partial charge in [-0.25, -0.2) is 9.18 Å². The maximum Gasteiger partial charge on any atom is 0.410 e. The predicted molar refractivity (Wildman–Crippen MR) is 96.2 cm³/mol. The molecular formula is C20H27FN2O3. The van der Waals surface area contributed by atoms with Gasteiger partial charge in [0.05, 0.1) is 0 Å². The van der Waals surface area contributed by atoms with Gasteiger partial charge >= 0.3 is 6.09 Å². The SMILES string of the molecule is CC(C)(C)OC(=O)N1CC[C@H](C(=O)NC2CC2)[C@H](c2ccc(F)cc2)C1. The summed E-state index contributed by atoms with van der Waals surface area (Å²) >= 11 is 0. The van der Waals surface area contributed by atoms with Crippen LogP contribution in [0.25, 0.3) is 0 Å². The van der Waals surface area contributed by atoms with Crippen molar-refractivity contribution in [2.24, 2.45) is 5.92 Å². The molecule has 1 saturated carbocycles. The molecular weight excluding hydrogens is 335 g/mol. The second-order valence-corrected chi connectivity index (χ2v) is 8.26. The van der Waals surface area contributed by atoms with Crippen molar-refractivity contribution in [3.8, 4) is 0 Å². The van der Waals surface area contributed by atoms with Gasteiger partial charge in [-0.15, -0.1) is 0 Å². The van der Waals surface area contributed by atoms with Crippen LogP contribution in [0.4, 0.5) is 9.18 Å². The molecule has 0 aromatic heterocycles. The number of nitrogens with one attached hydrogen (secondary N) is 1. The number of carbonyl (C=O) groups is 2. The summed E-state index contributed by atoms with van der Waals surface area (Å²) in [6, 6.07) is 6.50. The van der Waals surface area contributed by atoms with Crippen molar-refractivity contribution in [2.75, 3.05) is 13.1 Å². The van der Waals surface area contributed by atoms with Crippen LogP contribution in [0, 0.1) is 11.7 Å². The second-order valence-electron chi connectivity index (χ2n) is 8.26. The maximum absolute atomic E-state index is 13.3. The van der Waals surface area contributed by atoms with E-state index in [1.165, 1.54) is 12.1 Å². The zero-order valence-corrected chi connectivity index (χ0v) is 15.6. The molecule has 142 valence electrons. The number of benzene rings is 1. The average Bonchev–Trinajstić information content (AvgIpc) is 3.37. The summed E-state index contributed by atoms with van der Waals surface area (Å²) < 4.78 is 18.8. The molecule has 5 nitrogen and oxygen atoms in total. The zero-order valence-electron chi connectivity index (χ0n) is 15.6. The normalized spacial score (nSPS) is 23.5. The zero-order chi connectivity index (χ0) is 18.9. The van der Waals surface area contributed by atoms with Crippen molar-refractivity contribution in [1.29, 1.82) is 0 Å². The summed E-state index contributed by atoms with van der Waals surface area (Å²) in [4.78, 5) is 26.8. The number of likely N-dealkylation sites (tertiary alicyclic amines) is 1. The molecule has 1 saturated heterocycles. The first-order chi connectivity index (χ1) is 12.2. The van der Waals surface area contributed by atoms with E-state index in [2.05, 4.69) is 5.32 Å². The Balaban J connectivity index is 1.77. The van der Waals surface area contributed by atoms with E-state index in [9.17, 15) is 14.0 Å². The summed E-state index contributed by atoms with van der Waals surface area (Å²) in [5.74, 6) is -0.673. The lowest BCUT2D eigenvalue weighted by atomic mass is 9.80. The van der Waals surface area contributed by atoms with Gasteiger partial charge in [-0.2, -0.15) is 0 Å². The first kappa shape index (κ1) is 18.7. The van der Waals surface area contributed by atoms with Crippen molar-refractivity contribution in [2.45, 2.75) is 57.6 Å². The Kier molecular flexibility index (Phi) is 5.21. The van der Waals surface area contributed by atoms with Gasteiger partial charge in [0.2, 0.25) is 5.91 Å². The lowest BCUT2D eigenvalue weighted by Crippen LogP contribution is -2.49. The number of halogens is 1. The molecule has 1 aliphatic carbocycles. The summed E-state index contributed by atoms with van der Waals surface area (Å²) in [6.45, 7) is 6.37. The minimum atomic E-state index is -0.567. The van der Waals surface area contributed by atoms with Crippen molar-refractivity contribution in [3.05, 3.63) is 35.6 Å². The minimum absolute atomic E-state index is 0.0330. The molecule has 2 fully saturated rings. The van der Waals surface area contributed by atoms with Crippen LogP contribution in [0.5, 0.6) is 0 Å². The van der Waals surface area contributed by atoms with Crippen LogP contribution in [0.3, 0.4) is 0 Å². The molecule has 0 radical (unpaired) electrons. The van der Waals surface area contributed by atoms with Crippen molar-refractivity contribution in [3.63, 3.8) is 0 Å². The van der Waals surface area contributed by atoms with Gasteiger partial charge in [-0.3, -0.25) is 4.79 Å². The van der Waals surface area contributed by atoms with Crippen LogP contribution in [0.2, 0.25) is 0 Å². The van der Waals surface area contributed by atoms with Crippen LogP contribution in [0.1, 0.15) is 51.5 Å².